The number of hydrogen-bond acceptors (Lipinski definition) is 3. The number of benzene rings is 1. The molecule has 0 radical (unpaired) electrons. The standard InChI is InChI=1S/C13H16N4O/c1-10(13(18)16-14)12-5-3-11(4-6-12)9-17-8-2-7-15-17/h2-8,10H,9,14H2,1H3,(H,16,18). The van der Waals surface area contributed by atoms with E-state index >= 15 is 0 Å². The van der Waals surface area contributed by atoms with E-state index in [9.17, 15) is 4.79 Å². The average Bonchev–Trinajstić information content (AvgIpc) is 2.91. The summed E-state index contributed by atoms with van der Waals surface area (Å²) in [5, 5.41) is 4.15. The summed E-state index contributed by atoms with van der Waals surface area (Å²) in [6.07, 6.45) is 3.67. The van der Waals surface area contributed by atoms with Gasteiger partial charge in [0.1, 0.15) is 0 Å². The summed E-state index contributed by atoms with van der Waals surface area (Å²) in [5.41, 5.74) is 4.25. The van der Waals surface area contributed by atoms with Gasteiger partial charge in [-0.25, -0.2) is 5.84 Å². The number of carbonyl (C=O) groups is 1. The Morgan fingerprint density at radius 3 is 2.72 bits per heavy atom. The molecule has 1 aromatic heterocycles. The van der Waals surface area contributed by atoms with Crippen LogP contribution in [0.25, 0.3) is 0 Å². The molecule has 1 atom stereocenters. The molecule has 1 unspecified atom stereocenters. The summed E-state index contributed by atoms with van der Waals surface area (Å²) < 4.78 is 1.85. The van der Waals surface area contributed by atoms with Crippen LogP contribution in [0.15, 0.2) is 42.7 Å². The first kappa shape index (κ1) is 12.3. The Labute approximate surface area is 106 Å². The second-order valence-electron chi connectivity index (χ2n) is 4.18. The first-order valence-electron chi connectivity index (χ1n) is 5.77. The predicted octanol–water partition coefficient (Wildman–Crippen LogP) is 1.02. The molecule has 1 amide bonds. The van der Waals surface area contributed by atoms with E-state index in [2.05, 4.69) is 10.5 Å². The minimum absolute atomic E-state index is 0.185. The van der Waals surface area contributed by atoms with Crippen molar-refractivity contribution in [1.82, 2.24) is 15.2 Å². The van der Waals surface area contributed by atoms with Crippen LogP contribution in [-0.2, 0) is 11.3 Å². The molecule has 0 saturated heterocycles. The van der Waals surface area contributed by atoms with Crippen molar-refractivity contribution < 1.29 is 4.79 Å². The van der Waals surface area contributed by atoms with Crippen LogP contribution in [-0.4, -0.2) is 15.7 Å². The lowest BCUT2D eigenvalue weighted by Crippen LogP contribution is -2.33. The van der Waals surface area contributed by atoms with Crippen molar-refractivity contribution >= 4 is 5.91 Å². The molecule has 2 rings (SSSR count). The molecule has 0 saturated carbocycles. The van der Waals surface area contributed by atoms with Crippen LogP contribution < -0.4 is 11.3 Å². The van der Waals surface area contributed by atoms with E-state index in [0.717, 1.165) is 17.7 Å². The third kappa shape index (κ3) is 2.75. The summed E-state index contributed by atoms with van der Waals surface area (Å²) in [4.78, 5) is 11.4. The van der Waals surface area contributed by atoms with Crippen LogP contribution in [0.1, 0.15) is 24.0 Å². The zero-order valence-electron chi connectivity index (χ0n) is 10.2. The monoisotopic (exact) mass is 244 g/mol. The maximum atomic E-state index is 11.4. The quantitative estimate of drug-likeness (QED) is 0.479. The van der Waals surface area contributed by atoms with Crippen LogP contribution in [0, 0.1) is 0 Å². The van der Waals surface area contributed by atoms with Gasteiger partial charge in [-0.1, -0.05) is 24.3 Å². The van der Waals surface area contributed by atoms with Crippen LogP contribution in [0.3, 0.4) is 0 Å². The van der Waals surface area contributed by atoms with Gasteiger partial charge >= 0.3 is 0 Å². The first-order chi connectivity index (χ1) is 8.70. The van der Waals surface area contributed by atoms with Gasteiger partial charge in [0, 0.05) is 12.4 Å². The highest BCUT2D eigenvalue weighted by Gasteiger charge is 2.13. The zero-order valence-corrected chi connectivity index (χ0v) is 10.2. The molecule has 94 valence electrons. The van der Waals surface area contributed by atoms with E-state index in [1.807, 2.05) is 48.1 Å². The SMILES string of the molecule is CC(C(=O)NN)c1ccc(Cn2cccn2)cc1. The second-order valence-corrected chi connectivity index (χ2v) is 4.18. The molecular formula is C13H16N4O. The largest absolute Gasteiger partial charge is 0.294 e. The van der Waals surface area contributed by atoms with Gasteiger partial charge in [0.05, 0.1) is 12.5 Å². The van der Waals surface area contributed by atoms with Gasteiger partial charge in [-0.2, -0.15) is 5.10 Å². The maximum absolute atomic E-state index is 11.4. The second kappa shape index (κ2) is 5.46. The van der Waals surface area contributed by atoms with Gasteiger partial charge in [0.25, 0.3) is 0 Å². The minimum atomic E-state index is -0.242. The molecule has 18 heavy (non-hydrogen) atoms. The van der Waals surface area contributed by atoms with Gasteiger partial charge < -0.3 is 0 Å². The molecule has 0 fully saturated rings. The maximum Gasteiger partial charge on any atom is 0.241 e. The highest BCUT2D eigenvalue weighted by atomic mass is 16.2. The van der Waals surface area contributed by atoms with Crippen molar-refractivity contribution in [3.05, 3.63) is 53.9 Å². The highest BCUT2D eigenvalue weighted by Crippen LogP contribution is 2.16. The zero-order chi connectivity index (χ0) is 13.0. The Morgan fingerprint density at radius 1 is 1.44 bits per heavy atom. The number of nitrogens with zero attached hydrogens (tertiary/aromatic N) is 2. The van der Waals surface area contributed by atoms with E-state index in [-0.39, 0.29) is 11.8 Å². The summed E-state index contributed by atoms with van der Waals surface area (Å²) >= 11 is 0. The molecule has 5 nitrogen and oxygen atoms in total. The third-order valence-electron chi connectivity index (χ3n) is 2.92. The molecule has 5 heteroatoms. The fourth-order valence-corrected chi connectivity index (χ4v) is 1.77. The molecule has 1 heterocycles. The summed E-state index contributed by atoms with van der Waals surface area (Å²) in [7, 11) is 0. The van der Waals surface area contributed by atoms with Crippen LogP contribution in [0.4, 0.5) is 0 Å². The Kier molecular flexibility index (Phi) is 3.74. The van der Waals surface area contributed by atoms with E-state index < -0.39 is 0 Å². The van der Waals surface area contributed by atoms with E-state index in [1.54, 1.807) is 6.20 Å². The van der Waals surface area contributed by atoms with Gasteiger partial charge in [0.15, 0.2) is 0 Å². The minimum Gasteiger partial charge on any atom is -0.294 e. The number of hydrazine groups is 1. The van der Waals surface area contributed by atoms with Crippen LogP contribution >= 0.6 is 0 Å². The molecule has 0 spiro atoms. The van der Waals surface area contributed by atoms with E-state index in [1.165, 1.54) is 0 Å². The number of nitrogens with two attached hydrogens (primary N) is 1. The van der Waals surface area contributed by atoms with Gasteiger partial charge in [-0.15, -0.1) is 0 Å². The molecule has 0 aliphatic rings. The lowest BCUT2D eigenvalue weighted by Gasteiger charge is -2.10. The van der Waals surface area contributed by atoms with E-state index in [4.69, 9.17) is 5.84 Å². The van der Waals surface area contributed by atoms with E-state index in [0.29, 0.717) is 0 Å². The molecule has 2 aromatic rings. The van der Waals surface area contributed by atoms with Gasteiger partial charge in [-0.05, 0) is 24.1 Å². The normalized spacial score (nSPS) is 12.1. The number of aromatic nitrogens is 2. The third-order valence-corrected chi connectivity index (χ3v) is 2.92. The number of rotatable bonds is 4. The van der Waals surface area contributed by atoms with Crippen molar-refractivity contribution in [3.8, 4) is 0 Å². The number of carbonyl (C=O) groups excluding carboxylic acids is 1. The average molecular weight is 244 g/mol. The molecule has 0 aliphatic carbocycles. The Balaban J connectivity index is 2.08. The number of hydrogen-bond donors (Lipinski definition) is 2. The fourth-order valence-electron chi connectivity index (χ4n) is 1.77. The smallest absolute Gasteiger partial charge is 0.241 e. The van der Waals surface area contributed by atoms with Crippen molar-refractivity contribution in [2.75, 3.05) is 0 Å². The van der Waals surface area contributed by atoms with Crippen molar-refractivity contribution in [2.24, 2.45) is 5.84 Å². The lowest BCUT2D eigenvalue weighted by atomic mass is 9.99. The van der Waals surface area contributed by atoms with Crippen molar-refractivity contribution in [2.45, 2.75) is 19.4 Å². The van der Waals surface area contributed by atoms with Crippen molar-refractivity contribution in [3.63, 3.8) is 0 Å². The van der Waals surface area contributed by atoms with Crippen LogP contribution in [0.5, 0.6) is 0 Å². The predicted molar refractivity (Wildman–Crippen MR) is 68.5 cm³/mol. The Morgan fingerprint density at radius 2 is 2.17 bits per heavy atom. The first-order valence-corrected chi connectivity index (χ1v) is 5.77. The van der Waals surface area contributed by atoms with Crippen LogP contribution in [0.2, 0.25) is 0 Å². The van der Waals surface area contributed by atoms with Gasteiger partial charge in [0.2, 0.25) is 5.91 Å². The van der Waals surface area contributed by atoms with Gasteiger partial charge in [-0.3, -0.25) is 14.9 Å². The topological polar surface area (TPSA) is 72.9 Å². The number of nitrogens with one attached hydrogen (secondary N) is 1. The summed E-state index contributed by atoms with van der Waals surface area (Å²) in [6.45, 7) is 2.55. The lowest BCUT2D eigenvalue weighted by molar-refractivity contribution is -0.122. The highest BCUT2D eigenvalue weighted by molar-refractivity contribution is 5.82. The molecule has 3 N–H and O–H groups in total. The Bertz CT molecular complexity index is 504. The molecular weight excluding hydrogens is 228 g/mol. The fraction of sp³-hybridized carbons (Fsp3) is 0.231. The summed E-state index contributed by atoms with van der Waals surface area (Å²) in [6, 6.07) is 9.77. The molecule has 0 aliphatic heterocycles. The summed E-state index contributed by atoms with van der Waals surface area (Å²) in [5.74, 6) is 4.69. The number of amides is 1. The molecule has 1 aromatic carbocycles. The Hall–Kier alpha value is -2.14. The van der Waals surface area contributed by atoms with Crippen molar-refractivity contribution in [1.29, 1.82) is 0 Å². The molecule has 0 bridgehead atoms.